The zero-order valence-corrected chi connectivity index (χ0v) is 9.25. The van der Waals surface area contributed by atoms with Gasteiger partial charge in [0.25, 0.3) is 0 Å². The summed E-state index contributed by atoms with van der Waals surface area (Å²) in [6.45, 7) is 2.04. The number of aryl methyl sites for hydroxylation is 1. The summed E-state index contributed by atoms with van der Waals surface area (Å²) in [5, 5.41) is 11.5. The molecule has 0 unspecified atom stereocenters. The maximum Gasteiger partial charge on any atom is 0.331 e. The highest BCUT2D eigenvalue weighted by molar-refractivity contribution is 8.00. The van der Waals surface area contributed by atoms with Gasteiger partial charge in [-0.2, -0.15) is 0 Å². The SMILES string of the molecule is Cc1cccc([C@H]2CS[C@H](C(=O)O)N2)c1. The van der Waals surface area contributed by atoms with Crippen molar-refractivity contribution in [3.05, 3.63) is 35.4 Å². The molecule has 1 aromatic carbocycles. The van der Waals surface area contributed by atoms with Gasteiger partial charge in [-0.15, -0.1) is 11.8 Å². The molecule has 2 atom stereocenters. The molecule has 1 aliphatic rings. The standard InChI is InChI=1S/C11H13NO2S/c1-7-3-2-4-8(5-7)9-6-15-10(12-9)11(13)14/h2-5,9-10,12H,6H2,1H3,(H,13,14)/t9-,10-/m1/s1. The second kappa shape index (κ2) is 4.24. The quantitative estimate of drug-likeness (QED) is 0.802. The summed E-state index contributed by atoms with van der Waals surface area (Å²) in [6, 6.07) is 8.35. The Bertz CT molecular complexity index is 381. The molecule has 0 bridgehead atoms. The second-order valence-corrected chi connectivity index (χ2v) is 4.82. The number of hydrogen-bond donors (Lipinski definition) is 2. The minimum Gasteiger partial charge on any atom is -0.479 e. The number of aliphatic carboxylic acids is 1. The van der Waals surface area contributed by atoms with Crippen LogP contribution in [-0.2, 0) is 4.79 Å². The van der Waals surface area contributed by atoms with Crippen molar-refractivity contribution in [2.45, 2.75) is 18.3 Å². The Morgan fingerprint density at radius 3 is 3.00 bits per heavy atom. The topological polar surface area (TPSA) is 49.3 Å². The van der Waals surface area contributed by atoms with Crippen molar-refractivity contribution in [3.8, 4) is 0 Å². The predicted molar refractivity (Wildman–Crippen MR) is 60.9 cm³/mol. The maximum atomic E-state index is 10.8. The van der Waals surface area contributed by atoms with Gasteiger partial charge in [-0.3, -0.25) is 5.32 Å². The van der Waals surface area contributed by atoms with E-state index >= 15 is 0 Å². The number of carbonyl (C=O) groups is 1. The third-order valence-corrected chi connectivity index (χ3v) is 3.65. The van der Waals surface area contributed by atoms with Crippen LogP contribution in [0, 0.1) is 6.92 Å². The van der Waals surface area contributed by atoms with Gasteiger partial charge in [-0.05, 0) is 12.5 Å². The Morgan fingerprint density at radius 2 is 2.40 bits per heavy atom. The van der Waals surface area contributed by atoms with E-state index in [9.17, 15) is 4.79 Å². The number of benzene rings is 1. The van der Waals surface area contributed by atoms with Crippen LogP contribution >= 0.6 is 11.8 Å². The maximum absolute atomic E-state index is 10.8. The fourth-order valence-corrected chi connectivity index (χ4v) is 2.77. The molecule has 1 heterocycles. The average molecular weight is 223 g/mol. The minimum absolute atomic E-state index is 0.163. The Morgan fingerprint density at radius 1 is 1.60 bits per heavy atom. The highest BCUT2D eigenvalue weighted by atomic mass is 32.2. The average Bonchev–Trinajstić information content (AvgIpc) is 2.66. The van der Waals surface area contributed by atoms with Crippen molar-refractivity contribution in [2.24, 2.45) is 0 Å². The van der Waals surface area contributed by atoms with E-state index in [1.54, 1.807) is 0 Å². The molecule has 2 N–H and O–H groups in total. The Labute approximate surface area is 92.9 Å². The molecule has 0 amide bonds. The van der Waals surface area contributed by atoms with Crippen LogP contribution in [0.5, 0.6) is 0 Å². The van der Waals surface area contributed by atoms with E-state index in [4.69, 9.17) is 5.11 Å². The fraction of sp³-hybridized carbons (Fsp3) is 0.364. The molecule has 3 nitrogen and oxygen atoms in total. The highest BCUT2D eigenvalue weighted by Gasteiger charge is 2.30. The lowest BCUT2D eigenvalue weighted by Crippen LogP contribution is -2.30. The number of carboxylic acids is 1. The largest absolute Gasteiger partial charge is 0.479 e. The monoisotopic (exact) mass is 223 g/mol. The Balaban J connectivity index is 2.11. The molecular formula is C11H13NO2S. The van der Waals surface area contributed by atoms with Gasteiger partial charge in [0.05, 0.1) is 0 Å². The molecule has 0 spiro atoms. The molecular weight excluding hydrogens is 210 g/mol. The predicted octanol–water partition coefficient (Wildman–Crippen LogP) is 1.78. The first-order chi connectivity index (χ1) is 7.16. The third kappa shape index (κ3) is 2.33. The van der Waals surface area contributed by atoms with E-state index in [2.05, 4.69) is 11.4 Å². The van der Waals surface area contributed by atoms with Crippen LogP contribution in [0.15, 0.2) is 24.3 Å². The first-order valence-corrected chi connectivity index (χ1v) is 5.89. The number of hydrogen-bond acceptors (Lipinski definition) is 3. The van der Waals surface area contributed by atoms with Crippen molar-refractivity contribution in [1.29, 1.82) is 0 Å². The van der Waals surface area contributed by atoms with Crippen LogP contribution in [0.4, 0.5) is 0 Å². The Hall–Kier alpha value is -1.00. The minimum atomic E-state index is -0.782. The van der Waals surface area contributed by atoms with E-state index in [0.29, 0.717) is 0 Å². The van der Waals surface area contributed by atoms with E-state index in [0.717, 1.165) is 5.75 Å². The summed E-state index contributed by atoms with van der Waals surface area (Å²) in [7, 11) is 0. The van der Waals surface area contributed by atoms with Gasteiger partial charge >= 0.3 is 5.97 Å². The summed E-state index contributed by atoms with van der Waals surface area (Å²) < 4.78 is 0. The molecule has 0 radical (unpaired) electrons. The van der Waals surface area contributed by atoms with Gasteiger partial charge < -0.3 is 5.11 Å². The van der Waals surface area contributed by atoms with Gasteiger partial charge in [-0.1, -0.05) is 29.8 Å². The third-order valence-electron chi connectivity index (χ3n) is 2.45. The van der Waals surface area contributed by atoms with Crippen LogP contribution in [0.3, 0.4) is 0 Å². The zero-order valence-electron chi connectivity index (χ0n) is 8.43. The molecule has 80 valence electrons. The highest BCUT2D eigenvalue weighted by Crippen LogP contribution is 2.29. The van der Waals surface area contributed by atoms with Crippen LogP contribution < -0.4 is 5.32 Å². The Kier molecular flexibility index (Phi) is 2.98. The zero-order chi connectivity index (χ0) is 10.8. The summed E-state index contributed by atoms with van der Waals surface area (Å²) >= 11 is 1.45. The van der Waals surface area contributed by atoms with Gasteiger partial charge in [0.2, 0.25) is 0 Å². The van der Waals surface area contributed by atoms with E-state index in [1.165, 1.54) is 22.9 Å². The molecule has 0 saturated carbocycles. The smallest absolute Gasteiger partial charge is 0.331 e. The number of nitrogens with one attached hydrogen (secondary N) is 1. The van der Waals surface area contributed by atoms with Crippen molar-refractivity contribution in [1.82, 2.24) is 5.32 Å². The lowest BCUT2D eigenvalue weighted by molar-refractivity contribution is -0.136. The van der Waals surface area contributed by atoms with Crippen LogP contribution in [0.2, 0.25) is 0 Å². The summed E-state index contributed by atoms with van der Waals surface area (Å²) in [6.07, 6.45) is 0. The first-order valence-electron chi connectivity index (χ1n) is 4.84. The lowest BCUT2D eigenvalue weighted by Gasteiger charge is -2.11. The normalized spacial score (nSPS) is 25.4. The fourth-order valence-electron chi connectivity index (χ4n) is 1.69. The molecule has 0 aromatic heterocycles. The molecule has 1 fully saturated rings. The van der Waals surface area contributed by atoms with E-state index in [1.807, 2.05) is 25.1 Å². The van der Waals surface area contributed by atoms with Crippen LogP contribution in [0.1, 0.15) is 17.2 Å². The summed E-state index contributed by atoms with van der Waals surface area (Å²) in [5.74, 6) is 0.0376. The molecule has 1 saturated heterocycles. The molecule has 4 heteroatoms. The number of carboxylic acid groups (broad SMARTS) is 1. The molecule has 15 heavy (non-hydrogen) atoms. The first kappa shape index (κ1) is 10.5. The number of rotatable bonds is 2. The lowest BCUT2D eigenvalue weighted by atomic mass is 10.1. The molecule has 1 aromatic rings. The summed E-state index contributed by atoms with van der Waals surface area (Å²) in [5.41, 5.74) is 2.38. The van der Waals surface area contributed by atoms with Gasteiger partial charge in [0.15, 0.2) is 5.37 Å². The van der Waals surface area contributed by atoms with Gasteiger partial charge in [0, 0.05) is 11.8 Å². The van der Waals surface area contributed by atoms with Crippen molar-refractivity contribution >= 4 is 17.7 Å². The second-order valence-electron chi connectivity index (χ2n) is 3.69. The van der Waals surface area contributed by atoms with Crippen molar-refractivity contribution in [2.75, 3.05) is 5.75 Å². The van der Waals surface area contributed by atoms with E-state index < -0.39 is 11.3 Å². The van der Waals surface area contributed by atoms with Gasteiger partial charge in [-0.25, -0.2) is 4.79 Å². The van der Waals surface area contributed by atoms with Crippen molar-refractivity contribution in [3.63, 3.8) is 0 Å². The molecule has 2 rings (SSSR count). The van der Waals surface area contributed by atoms with Crippen LogP contribution in [-0.4, -0.2) is 22.2 Å². The summed E-state index contributed by atoms with van der Waals surface area (Å²) in [4.78, 5) is 10.8. The number of thioether (sulfide) groups is 1. The molecule has 1 aliphatic heterocycles. The van der Waals surface area contributed by atoms with E-state index in [-0.39, 0.29) is 6.04 Å². The van der Waals surface area contributed by atoms with Crippen LogP contribution in [0.25, 0.3) is 0 Å². The van der Waals surface area contributed by atoms with Gasteiger partial charge in [0.1, 0.15) is 0 Å². The van der Waals surface area contributed by atoms with Crippen molar-refractivity contribution < 1.29 is 9.90 Å². The molecule has 0 aliphatic carbocycles.